The Balaban J connectivity index is 1.20. The second kappa shape index (κ2) is 17.9. The molecule has 0 bridgehead atoms. The number of hydrogen-bond donors (Lipinski definition) is 0. The Morgan fingerprint density at radius 3 is 1.42 bits per heavy atom. The van der Waals surface area contributed by atoms with Crippen LogP contribution in [-0.4, -0.2) is 6.71 Å². The molecule has 0 amide bonds. The van der Waals surface area contributed by atoms with Gasteiger partial charge in [0.25, 0.3) is 6.71 Å². The van der Waals surface area contributed by atoms with E-state index in [-0.39, 0.29) is 39.2 Å². The van der Waals surface area contributed by atoms with Gasteiger partial charge in [-0.1, -0.05) is 176 Å². The number of para-hydroxylation sites is 2. The molecule has 0 spiro atoms. The molecule has 2 heterocycles. The lowest BCUT2D eigenvalue weighted by molar-refractivity contribution is 0.332. The first-order chi connectivity index (χ1) is 36.7. The molecule has 78 heavy (non-hydrogen) atoms. The highest BCUT2D eigenvalue weighted by molar-refractivity contribution is 7.00. The Morgan fingerprint density at radius 2 is 0.872 bits per heavy atom. The highest BCUT2D eigenvalue weighted by Crippen LogP contribution is 2.54. The summed E-state index contributed by atoms with van der Waals surface area (Å²) in [5.41, 5.74) is 28.8. The molecule has 0 N–H and O–H groups in total. The number of anilines is 9. The summed E-state index contributed by atoms with van der Waals surface area (Å²) >= 11 is 0. The van der Waals surface area contributed by atoms with Crippen molar-refractivity contribution in [3.05, 3.63) is 202 Å². The van der Waals surface area contributed by atoms with E-state index in [0.717, 1.165) is 29.9 Å². The van der Waals surface area contributed by atoms with Gasteiger partial charge in [0.05, 0.1) is 5.69 Å². The van der Waals surface area contributed by atoms with Crippen LogP contribution in [0.15, 0.2) is 158 Å². The van der Waals surface area contributed by atoms with Gasteiger partial charge in [0.2, 0.25) is 0 Å². The van der Waals surface area contributed by atoms with Gasteiger partial charge in [0.1, 0.15) is 0 Å². The zero-order valence-electron chi connectivity index (χ0n) is 49.8. The van der Waals surface area contributed by atoms with E-state index in [9.17, 15) is 0 Å². The highest BCUT2D eigenvalue weighted by Gasteiger charge is 2.48. The molecule has 2 aliphatic heterocycles. The minimum Gasteiger partial charge on any atom is -0.311 e. The maximum Gasteiger partial charge on any atom is 0.252 e. The van der Waals surface area contributed by atoms with E-state index < -0.39 is 0 Å². The third-order valence-corrected chi connectivity index (χ3v) is 19.0. The molecule has 0 saturated heterocycles. The molecule has 0 aromatic heterocycles. The minimum atomic E-state index is -0.0641. The van der Waals surface area contributed by atoms with Gasteiger partial charge in [0, 0.05) is 51.1 Å². The van der Waals surface area contributed by atoms with Crippen LogP contribution in [-0.2, 0) is 32.5 Å². The molecule has 12 rings (SSSR count). The molecule has 0 saturated carbocycles. The van der Waals surface area contributed by atoms with E-state index in [1.54, 1.807) is 0 Å². The predicted octanol–water partition coefficient (Wildman–Crippen LogP) is 18.8. The molecular formula is C74H82BN3. The number of fused-ring (bicyclic) bond motifs is 6. The molecular weight excluding hydrogens is 942 g/mol. The number of benzene rings is 8. The Labute approximate surface area is 468 Å². The molecule has 0 atom stereocenters. The number of hydrogen-bond acceptors (Lipinski definition) is 3. The number of aryl methyl sites for hydroxylation is 2. The fourth-order valence-corrected chi connectivity index (χ4v) is 14.0. The first-order valence-electron chi connectivity index (χ1n) is 29.1. The van der Waals surface area contributed by atoms with Crippen LogP contribution >= 0.6 is 0 Å². The maximum absolute atomic E-state index is 2.73. The second-order valence-corrected chi connectivity index (χ2v) is 28.6. The van der Waals surface area contributed by atoms with E-state index in [1.807, 2.05) is 0 Å². The van der Waals surface area contributed by atoms with Crippen molar-refractivity contribution in [2.45, 2.75) is 169 Å². The van der Waals surface area contributed by atoms with Gasteiger partial charge in [0.15, 0.2) is 0 Å². The summed E-state index contributed by atoms with van der Waals surface area (Å²) in [7, 11) is 0. The summed E-state index contributed by atoms with van der Waals surface area (Å²) in [5, 5.41) is 0. The van der Waals surface area contributed by atoms with Crippen molar-refractivity contribution in [1.29, 1.82) is 0 Å². The monoisotopic (exact) mass is 1020 g/mol. The van der Waals surface area contributed by atoms with Gasteiger partial charge < -0.3 is 14.7 Å². The molecule has 0 radical (unpaired) electrons. The molecule has 4 heteroatoms. The molecule has 396 valence electrons. The van der Waals surface area contributed by atoms with Crippen LogP contribution in [0.4, 0.5) is 51.2 Å². The van der Waals surface area contributed by atoms with Crippen LogP contribution in [0.1, 0.15) is 167 Å². The summed E-state index contributed by atoms with van der Waals surface area (Å²) in [4.78, 5) is 7.80. The van der Waals surface area contributed by atoms with Gasteiger partial charge in [-0.2, -0.15) is 0 Å². The Hall–Kier alpha value is -6.78. The highest BCUT2D eigenvalue weighted by atomic mass is 15.2. The fraction of sp³-hybridized carbons (Fsp3) is 0.351. The van der Waals surface area contributed by atoms with Crippen LogP contribution in [0, 0.1) is 13.8 Å². The third kappa shape index (κ3) is 8.45. The molecule has 8 aromatic rings. The minimum absolute atomic E-state index is 0.000957. The standard InChI is InChI=1S/C74H82BN3/c1-47-39-66-68-67(40-47)78(63-33-29-51(70(6,7)8)43-55(63)49-27-31-56-57(42-49)72(11,12)36-35-71(56,9)10)65-46-59-58(73(13,14)37-38-74(59,15)16)45-61(65)75(68)60-44-54(76(52-23-19-17-20-24-52)53-25-21-18-22-26-53)30-34-64(60)77(66)62-32-28-50(41-48(62)2)69(3,4)5/h17-34,39-46H,35-38H2,1-16H3. The van der Waals surface area contributed by atoms with Crippen LogP contribution in [0.3, 0.4) is 0 Å². The Morgan fingerprint density at radius 1 is 0.397 bits per heavy atom. The lowest BCUT2D eigenvalue weighted by Gasteiger charge is -2.48. The molecule has 8 aromatic carbocycles. The lowest BCUT2D eigenvalue weighted by Crippen LogP contribution is -2.62. The first kappa shape index (κ1) is 52.0. The van der Waals surface area contributed by atoms with E-state index in [2.05, 4.69) is 283 Å². The van der Waals surface area contributed by atoms with Crippen LogP contribution in [0.2, 0.25) is 0 Å². The molecule has 2 aliphatic carbocycles. The number of nitrogens with zero attached hydrogens (tertiary/aromatic N) is 3. The van der Waals surface area contributed by atoms with Crippen LogP contribution < -0.4 is 31.1 Å². The Bertz CT molecular complexity index is 3650. The van der Waals surface area contributed by atoms with Crippen molar-refractivity contribution >= 4 is 74.3 Å². The average molecular weight is 1020 g/mol. The molecule has 4 aliphatic rings. The van der Waals surface area contributed by atoms with E-state index in [0.29, 0.717) is 0 Å². The van der Waals surface area contributed by atoms with Crippen LogP contribution in [0.25, 0.3) is 11.1 Å². The van der Waals surface area contributed by atoms with Gasteiger partial charge >= 0.3 is 0 Å². The molecule has 0 fully saturated rings. The van der Waals surface area contributed by atoms with Crippen molar-refractivity contribution < 1.29 is 0 Å². The quantitative estimate of drug-likeness (QED) is 0.154. The van der Waals surface area contributed by atoms with Gasteiger partial charge in [-0.15, -0.1) is 0 Å². The number of rotatable bonds is 6. The van der Waals surface area contributed by atoms with E-state index in [4.69, 9.17) is 0 Å². The first-order valence-corrected chi connectivity index (χ1v) is 29.1. The third-order valence-electron chi connectivity index (χ3n) is 19.0. The zero-order valence-corrected chi connectivity index (χ0v) is 49.8. The summed E-state index contributed by atoms with van der Waals surface area (Å²) in [6, 6.07) is 61.8. The van der Waals surface area contributed by atoms with Crippen molar-refractivity contribution in [2.24, 2.45) is 0 Å². The summed E-state index contributed by atoms with van der Waals surface area (Å²) in [6.07, 6.45) is 4.65. The topological polar surface area (TPSA) is 9.72 Å². The van der Waals surface area contributed by atoms with Gasteiger partial charge in [-0.3, -0.25) is 0 Å². The van der Waals surface area contributed by atoms with Crippen molar-refractivity contribution in [1.82, 2.24) is 0 Å². The largest absolute Gasteiger partial charge is 0.311 e. The zero-order chi connectivity index (χ0) is 55.2. The summed E-state index contributed by atoms with van der Waals surface area (Å²) in [6.45, 7) is 38.5. The van der Waals surface area contributed by atoms with E-state index >= 15 is 0 Å². The SMILES string of the molecule is Cc1cc2c3c(c1)N(c1ccc(C(C)(C)C)cc1-c1ccc4c(c1)C(C)(C)CCC4(C)C)c1cc4c(cc1B3c1cc(N(c3ccccc3)c3ccccc3)ccc1N2c1ccc(C(C)(C)C)cc1C)C(C)(C)CCC4(C)C. The fourth-order valence-electron chi connectivity index (χ4n) is 14.0. The maximum atomic E-state index is 2.73. The molecule has 3 nitrogen and oxygen atoms in total. The van der Waals surface area contributed by atoms with Gasteiger partial charge in [-0.05, 0) is 217 Å². The smallest absolute Gasteiger partial charge is 0.252 e. The average Bonchev–Trinajstić information content (AvgIpc) is 3.58. The summed E-state index contributed by atoms with van der Waals surface area (Å²) < 4.78 is 0. The van der Waals surface area contributed by atoms with Crippen molar-refractivity contribution in [2.75, 3.05) is 14.7 Å². The lowest BCUT2D eigenvalue weighted by atomic mass is 9.33. The predicted molar refractivity (Wildman–Crippen MR) is 338 cm³/mol. The normalized spacial score (nSPS) is 17.4. The van der Waals surface area contributed by atoms with Gasteiger partial charge in [-0.25, -0.2) is 0 Å². The molecule has 0 unspecified atom stereocenters. The van der Waals surface area contributed by atoms with Crippen molar-refractivity contribution in [3.8, 4) is 11.1 Å². The van der Waals surface area contributed by atoms with Crippen LogP contribution in [0.5, 0.6) is 0 Å². The second-order valence-electron chi connectivity index (χ2n) is 28.6. The van der Waals surface area contributed by atoms with Crippen molar-refractivity contribution in [3.63, 3.8) is 0 Å². The van der Waals surface area contributed by atoms with E-state index in [1.165, 1.54) is 119 Å². The summed E-state index contributed by atoms with van der Waals surface area (Å²) in [5.74, 6) is 0. The Kier molecular flexibility index (Phi) is 11.9.